The van der Waals surface area contributed by atoms with Gasteiger partial charge in [-0.05, 0) is 25.5 Å². The lowest BCUT2D eigenvalue weighted by Gasteiger charge is -2.20. The Bertz CT molecular complexity index is 751. The number of rotatable bonds is 8. The number of nitrogens with two attached hydrogens (primary N) is 1. The standard InChI is InChI=1S/C13H19F3NO6PS/c1-9(2)23-24(18,21-3)8-22-25(19,20)12-10(7-17)5-4-6-11(12)13(14,15)16/h4-6,9H,7-8,17H2,1-3H3. The van der Waals surface area contributed by atoms with Gasteiger partial charge in [-0.25, -0.2) is 0 Å². The quantitative estimate of drug-likeness (QED) is 0.523. The molecule has 1 aromatic carbocycles. The van der Waals surface area contributed by atoms with Crippen LogP contribution in [0.25, 0.3) is 0 Å². The van der Waals surface area contributed by atoms with E-state index in [2.05, 4.69) is 8.71 Å². The first-order chi connectivity index (χ1) is 11.4. The van der Waals surface area contributed by atoms with Crippen LogP contribution >= 0.6 is 7.60 Å². The van der Waals surface area contributed by atoms with Crippen molar-refractivity contribution in [1.29, 1.82) is 0 Å². The highest BCUT2D eigenvalue weighted by Gasteiger charge is 2.40. The van der Waals surface area contributed by atoms with Crippen LogP contribution in [-0.4, -0.2) is 28.0 Å². The fourth-order valence-corrected chi connectivity index (χ4v) is 4.91. The van der Waals surface area contributed by atoms with Crippen LogP contribution in [-0.2, 0) is 40.6 Å². The van der Waals surface area contributed by atoms with Gasteiger partial charge in [0.05, 0.1) is 11.7 Å². The topological polar surface area (TPSA) is 105 Å². The molecule has 0 aromatic heterocycles. The molecule has 1 atom stereocenters. The zero-order valence-electron chi connectivity index (χ0n) is 13.7. The summed E-state index contributed by atoms with van der Waals surface area (Å²) in [6.07, 6.45) is -6.60. The van der Waals surface area contributed by atoms with Gasteiger partial charge in [0.1, 0.15) is 4.90 Å². The Morgan fingerprint density at radius 1 is 1.28 bits per heavy atom. The second kappa shape index (κ2) is 8.15. The Balaban J connectivity index is 3.29. The maximum atomic E-state index is 13.1. The molecule has 144 valence electrons. The zero-order valence-corrected chi connectivity index (χ0v) is 15.5. The summed E-state index contributed by atoms with van der Waals surface area (Å²) in [5, 5.41) is 0. The molecule has 0 aliphatic carbocycles. The van der Waals surface area contributed by atoms with Gasteiger partial charge in [0.15, 0.2) is 6.35 Å². The van der Waals surface area contributed by atoms with E-state index in [1.807, 2.05) is 0 Å². The third kappa shape index (κ3) is 5.77. The SMILES string of the molecule is COP(=O)(COS(=O)(=O)c1c(CN)cccc1C(F)(F)F)OC(C)C. The van der Waals surface area contributed by atoms with E-state index in [0.717, 1.165) is 19.2 Å². The van der Waals surface area contributed by atoms with Crippen molar-refractivity contribution in [1.82, 2.24) is 0 Å². The van der Waals surface area contributed by atoms with Gasteiger partial charge in [-0.1, -0.05) is 12.1 Å². The second-order valence-electron chi connectivity index (χ2n) is 5.14. The maximum Gasteiger partial charge on any atom is 0.417 e. The molecule has 0 spiro atoms. The summed E-state index contributed by atoms with van der Waals surface area (Å²) in [5.74, 6) is 0. The van der Waals surface area contributed by atoms with Crippen molar-refractivity contribution in [3.05, 3.63) is 29.3 Å². The Morgan fingerprint density at radius 2 is 1.88 bits per heavy atom. The third-order valence-corrected chi connectivity index (χ3v) is 6.22. The highest BCUT2D eigenvalue weighted by molar-refractivity contribution is 7.87. The summed E-state index contributed by atoms with van der Waals surface area (Å²) < 4.78 is 90.4. The lowest BCUT2D eigenvalue weighted by molar-refractivity contribution is -0.140. The van der Waals surface area contributed by atoms with Crippen molar-refractivity contribution in [3.63, 3.8) is 0 Å². The molecular weight excluding hydrogens is 386 g/mol. The fraction of sp³-hybridized carbons (Fsp3) is 0.538. The minimum atomic E-state index is -4.95. The zero-order chi connectivity index (χ0) is 19.5. The summed E-state index contributed by atoms with van der Waals surface area (Å²) in [5.41, 5.74) is 3.63. The van der Waals surface area contributed by atoms with Crippen molar-refractivity contribution < 1.29 is 39.4 Å². The lowest BCUT2D eigenvalue weighted by Crippen LogP contribution is -2.19. The van der Waals surface area contributed by atoms with E-state index in [1.165, 1.54) is 13.8 Å². The summed E-state index contributed by atoms with van der Waals surface area (Å²) in [6, 6.07) is 2.76. The van der Waals surface area contributed by atoms with Gasteiger partial charge in [0, 0.05) is 13.7 Å². The summed E-state index contributed by atoms with van der Waals surface area (Å²) in [6.45, 7) is 2.57. The van der Waals surface area contributed by atoms with Gasteiger partial charge in [-0.3, -0.25) is 8.75 Å². The normalized spacial score (nSPS) is 15.4. The van der Waals surface area contributed by atoms with Crippen LogP contribution in [0, 0.1) is 0 Å². The first-order valence-electron chi connectivity index (χ1n) is 6.98. The van der Waals surface area contributed by atoms with Crippen LogP contribution in [0.2, 0.25) is 0 Å². The second-order valence-corrected chi connectivity index (χ2v) is 8.75. The molecule has 0 amide bonds. The van der Waals surface area contributed by atoms with E-state index >= 15 is 0 Å². The molecule has 7 nitrogen and oxygen atoms in total. The average Bonchev–Trinajstić information content (AvgIpc) is 2.51. The molecule has 0 bridgehead atoms. The van der Waals surface area contributed by atoms with Crippen LogP contribution in [0.5, 0.6) is 0 Å². The van der Waals surface area contributed by atoms with E-state index in [-0.39, 0.29) is 5.56 Å². The number of halogens is 3. The number of benzene rings is 1. The highest BCUT2D eigenvalue weighted by atomic mass is 32.2. The van der Waals surface area contributed by atoms with Crippen molar-refractivity contribution >= 4 is 17.7 Å². The molecule has 25 heavy (non-hydrogen) atoms. The van der Waals surface area contributed by atoms with Gasteiger partial charge in [0.2, 0.25) is 0 Å². The van der Waals surface area contributed by atoms with Gasteiger partial charge < -0.3 is 14.8 Å². The molecular formula is C13H19F3NO6PS. The van der Waals surface area contributed by atoms with Crippen LogP contribution < -0.4 is 5.73 Å². The highest BCUT2D eigenvalue weighted by Crippen LogP contribution is 2.49. The van der Waals surface area contributed by atoms with Gasteiger partial charge in [0.25, 0.3) is 10.1 Å². The molecule has 2 N–H and O–H groups in total. The Labute approximate surface area is 143 Å². The minimum absolute atomic E-state index is 0.285. The Hall–Kier alpha value is -0.970. The van der Waals surface area contributed by atoms with Crippen molar-refractivity contribution in [2.24, 2.45) is 5.73 Å². The van der Waals surface area contributed by atoms with Gasteiger partial charge in [-0.15, -0.1) is 0 Å². The average molecular weight is 405 g/mol. The summed E-state index contributed by atoms with van der Waals surface area (Å²) in [7, 11) is -7.89. The molecule has 1 unspecified atom stereocenters. The molecule has 1 aromatic rings. The molecule has 0 saturated heterocycles. The van der Waals surface area contributed by atoms with Crippen LogP contribution in [0.4, 0.5) is 13.2 Å². The molecule has 0 aliphatic heterocycles. The number of alkyl halides is 3. The molecule has 0 radical (unpaired) electrons. The van der Waals surface area contributed by atoms with Crippen molar-refractivity contribution in [3.8, 4) is 0 Å². The number of hydrogen-bond donors (Lipinski definition) is 1. The van der Waals surface area contributed by atoms with Crippen LogP contribution in [0.15, 0.2) is 23.1 Å². The molecule has 0 aliphatic rings. The lowest BCUT2D eigenvalue weighted by atomic mass is 10.1. The van der Waals surface area contributed by atoms with E-state index in [9.17, 15) is 26.2 Å². The van der Waals surface area contributed by atoms with E-state index in [0.29, 0.717) is 6.07 Å². The van der Waals surface area contributed by atoms with Crippen LogP contribution in [0.1, 0.15) is 25.0 Å². The van der Waals surface area contributed by atoms with Crippen molar-refractivity contribution in [2.45, 2.75) is 37.6 Å². The third-order valence-electron chi connectivity index (χ3n) is 2.89. The van der Waals surface area contributed by atoms with Gasteiger partial charge in [-0.2, -0.15) is 21.6 Å². The van der Waals surface area contributed by atoms with Crippen molar-refractivity contribution in [2.75, 3.05) is 13.5 Å². The van der Waals surface area contributed by atoms with E-state index < -0.39 is 53.3 Å². The predicted octanol–water partition coefficient (Wildman–Crippen LogP) is 3.09. The number of hydrogen-bond acceptors (Lipinski definition) is 7. The van der Waals surface area contributed by atoms with E-state index in [4.69, 9.17) is 10.3 Å². The predicted molar refractivity (Wildman–Crippen MR) is 83.3 cm³/mol. The largest absolute Gasteiger partial charge is 0.417 e. The molecule has 0 heterocycles. The fourth-order valence-electron chi connectivity index (χ4n) is 1.90. The van der Waals surface area contributed by atoms with Gasteiger partial charge >= 0.3 is 13.8 Å². The molecule has 1 rings (SSSR count). The Kier molecular flexibility index (Phi) is 7.20. The molecule has 0 saturated carbocycles. The Morgan fingerprint density at radius 3 is 2.32 bits per heavy atom. The smallest absolute Gasteiger partial charge is 0.326 e. The minimum Gasteiger partial charge on any atom is -0.326 e. The molecule has 12 heteroatoms. The molecule has 0 fully saturated rings. The monoisotopic (exact) mass is 405 g/mol. The van der Waals surface area contributed by atoms with Crippen LogP contribution in [0.3, 0.4) is 0 Å². The maximum absolute atomic E-state index is 13.1. The van der Waals surface area contributed by atoms with E-state index in [1.54, 1.807) is 0 Å². The first kappa shape index (κ1) is 22.1. The summed E-state index contributed by atoms with van der Waals surface area (Å²) in [4.78, 5) is -1.11. The summed E-state index contributed by atoms with van der Waals surface area (Å²) >= 11 is 0. The first-order valence-corrected chi connectivity index (χ1v) is 10.1.